The third kappa shape index (κ3) is 2.63. The second-order valence-corrected chi connectivity index (χ2v) is 6.12. The number of nitrogens with zero attached hydrogens (tertiary/aromatic N) is 2. The second kappa shape index (κ2) is 5.87. The Bertz CT molecular complexity index is 590. The minimum Gasteiger partial charge on any atom is -0.374 e. The highest BCUT2D eigenvalue weighted by atomic mass is 79.9. The van der Waals surface area contributed by atoms with Crippen molar-refractivity contribution in [3.8, 4) is 0 Å². The number of carbonyl (C=O) groups excluding carboxylic acids is 2. The molecule has 3 rings (SSSR count). The number of anilines is 1. The van der Waals surface area contributed by atoms with Gasteiger partial charge in [0.25, 0.3) is 11.7 Å². The summed E-state index contributed by atoms with van der Waals surface area (Å²) < 4.78 is 6.41. The molecule has 0 saturated carbocycles. The van der Waals surface area contributed by atoms with E-state index in [4.69, 9.17) is 4.74 Å². The van der Waals surface area contributed by atoms with Crippen LogP contribution in [-0.4, -0.2) is 55.5 Å². The Kier molecular flexibility index (Phi) is 4.10. The van der Waals surface area contributed by atoms with Crippen LogP contribution >= 0.6 is 15.9 Å². The molecule has 1 saturated heterocycles. The van der Waals surface area contributed by atoms with E-state index in [-0.39, 0.29) is 6.10 Å². The van der Waals surface area contributed by atoms with Gasteiger partial charge in [0.1, 0.15) is 0 Å². The molecule has 1 unspecified atom stereocenters. The minimum absolute atomic E-state index is 0.0552. The number of fused-ring (bicyclic) bond motifs is 1. The summed E-state index contributed by atoms with van der Waals surface area (Å²) in [5.41, 5.74) is 1.14. The maximum absolute atomic E-state index is 12.2. The fourth-order valence-electron chi connectivity index (χ4n) is 2.86. The molecule has 0 aliphatic carbocycles. The molecule has 5 nitrogen and oxygen atoms in total. The predicted octanol–water partition coefficient (Wildman–Crippen LogP) is 1.70. The van der Waals surface area contributed by atoms with Crippen molar-refractivity contribution in [3.63, 3.8) is 0 Å². The molecule has 2 aliphatic rings. The minimum atomic E-state index is -0.464. The Hall–Kier alpha value is -1.24. The molecule has 2 aliphatic heterocycles. The van der Waals surface area contributed by atoms with Gasteiger partial charge in [-0.1, -0.05) is 13.0 Å². The quantitative estimate of drug-likeness (QED) is 0.777. The van der Waals surface area contributed by atoms with E-state index < -0.39 is 11.7 Å². The van der Waals surface area contributed by atoms with Crippen LogP contribution in [0.15, 0.2) is 22.7 Å². The molecule has 0 bridgehead atoms. The molecule has 112 valence electrons. The number of ketones is 1. The van der Waals surface area contributed by atoms with Gasteiger partial charge >= 0.3 is 0 Å². The van der Waals surface area contributed by atoms with E-state index in [9.17, 15) is 9.59 Å². The number of morpholine rings is 1. The standard InChI is InChI=1S/C15H17BrN2O3/c1-2-17-6-7-21-10(8-17)9-18-12-5-3-4-11(16)13(12)14(19)15(18)20/h3-5,10H,2,6-9H2,1H3. The molecule has 1 atom stereocenters. The summed E-state index contributed by atoms with van der Waals surface area (Å²) in [5.74, 6) is -0.908. The van der Waals surface area contributed by atoms with Crippen molar-refractivity contribution in [1.82, 2.24) is 4.90 Å². The van der Waals surface area contributed by atoms with E-state index in [1.807, 2.05) is 12.1 Å². The highest BCUT2D eigenvalue weighted by molar-refractivity contribution is 9.10. The van der Waals surface area contributed by atoms with Gasteiger partial charge in [-0.2, -0.15) is 0 Å². The molecule has 1 aromatic rings. The maximum atomic E-state index is 12.2. The molecular formula is C15H17BrN2O3. The van der Waals surface area contributed by atoms with E-state index in [0.29, 0.717) is 28.9 Å². The number of amides is 1. The van der Waals surface area contributed by atoms with Gasteiger partial charge in [-0.25, -0.2) is 0 Å². The zero-order chi connectivity index (χ0) is 15.0. The zero-order valence-corrected chi connectivity index (χ0v) is 13.4. The van der Waals surface area contributed by atoms with Gasteiger partial charge < -0.3 is 9.64 Å². The summed E-state index contributed by atoms with van der Waals surface area (Å²) in [6.07, 6.45) is -0.0552. The van der Waals surface area contributed by atoms with Gasteiger partial charge in [-0.15, -0.1) is 0 Å². The van der Waals surface area contributed by atoms with Crippen LogP contribution in [0.25, 0.3) is 0 Å². The number of hydrogen-bond donors (Lipinski definition) is 0. The van der Waals surface area contributed by atoms with Gasteiger partial charge in [0.2, 0.25) is 0 Å². The average molecular weight is 353 g/mol. The number of hydrogen-bond acceptors (Lipinski definition) is 4. The molecule has 2 heterocycles. The summed E-state index contributed by atoms with van der Waals surface area (Å²) in [4.78, 5) is 28.2. The van der Waals surface area contributed by atoms with E-state index in [0.717, 1.165) is 19.6 Å². The van der Waals surface area contributed by atoms with Crippen molar-refractivity contribution in [2.24, 2.45) is 0 Å². The molecule has 1 aromatic carbocycles. The lowest BCUT2D eigenvalue weighted by atomic mass is 10.1. The predicted molar refractivity (Wildman–Crippen MR) is 82.7 cm³/mol. The van der Waals surface area contributed by atoms with Crippen LogP contribution < -0.4 is 4.90 Å². The first-order chi connectivity index (χ1) is 10.1. The lowest BCUT2D eigenvalue weighted by Gasteiger charge is -2.34. The van der Waals surface area contributed by atoms with Gasteiger partial charge in [0.05, 0.1) is 30.5 Å². The van der Waals surface area contributed by atoms with Crippen LogP contribution in [0.3, 0.4) is 0 Å². The third-order valence-corrected chi connectivity index (χ3v) is 4.67. The van der Waals surface area contributed by atoms with E-state index in [1.165, 1.54) is 0 Å². The van der Waals surface area contributed by atoms with Crippen molar-refractivity contribution in [2.75, 3.05) is 37.7 Å². The normalized spacial score (nSPS) is 22.8. The van der Waals surface area contributed by atoms with E-state index >= 15 is 0 Å². The first-order valence-electron chi connectivity index (χ1n) is 7.10. The smallest absolute Gasteiger partial charge is 0.299 e. The molecule has 1 fully saturated rings. The van der Waals surface area contributed by atoms with Crippen LogP contribution in [0, 0.1) is 0 Å². The molecule has 0 aromatic heterocycles. The molecule has 0 N–H and O–H groups in total. The number of rotatable bonds is 3. The van der Waals surface area contributed by atoms with Crippen molar-refractivity contribution in [1.29, 1.82) is 0 Å². The number of likely N-dealkylation sites (N-methyl/N-ethyl adjacent to an activating group) is 1. The largest absolute Gasteiger partial charge is 0.374 e. The zero-order valence-electron chi connectivity index (χ0n) is 11.8. The highest BCUT2D eigenvalue weighted by Gasteiger charge is 2.38. The van der Waals surface area contributed by atoms with Crippen molar-refractivity contribution in [2.45, 2.75) is 13.0 Å². The lowest BCUT2D eigenvalue weighted by Crippen LogP contribution is -2.48. The van der Waals surface area contributed by atoms with E-state index in [1.54, 1.807) is 11.0 Å². The number of Topliss-reactive ketones (excluding diaryl/α,β-unsaturated/α-hetero) is 1. The van der Waals surface area contributed by atoms with Crippen molar-refractivity contribution >= 4 is 33.3 Å². The van der Waals surface area contributed by atoms with Crippen molar-refractivity contribution < 1.29 is 14.3 Å². The Balaban J connectivity index is 1.82. The Morgan fingerprint density at radius 2 is 2.19 bits per heavy atom. The maximum Gasteiger partial charge on any atom is 0.299 e. The fraction of sp³-hybridized carbons (Fsp3) is 0.467. The Labute approximate surface area is 132 Å². The summed E-state index contributed by atoms with van der Waals surface area (Å²) in [6.45, 7) is 5.87. The monoisotopic (exact) mass is 352 g/mol. The molecule has 0 spiro atoms. The Morgan fingerprint density at radius 3 is 2.95 bits per heavy atom. The van der Waals surface area contributed by atoms with E-state index in [2.05, 4.69) is 27.8 Å². The van der Waals surface area contributed by atoms with Crippen LogP contribution in [0.1, 0.15) is 17.3 Å². The van der Waals surface area contributed by atoms with Gasteiger partial charge in [0.15, 0.2) is 0 Å². The first kappa shape index (κ1) is 14.7. The summed E-state index contributed by atoms with van der Waals surface area (Å²) in [5, 5.41) is 0. The van der Waals surface area contributed by atoms with Gasteiger partial charge in [-0.3, -0.25) is 14.5 Å². The molecule has 1 amide bonds. The fourth-order valence-corrected chi connectivity index (χ4v) is 3.40. The average Bonchev–Trinajstić information content (AvgIpc) is 2.74. The number of ether oxygens (including phenoxy) is 1. The van der Waals surface area contributed by atoms with Crippen LogP contribution in [0.4, 0.5) is 5.69 Å². The number of carbonyl (C=O) groups is 2. The van der Waals surface area contributed by atoms with Crippen LogP contribution in [0.2, 0.25) is 0 Å². The topological polar surface area (TPSA) is 49.9 Å². The lowest BCUT2D eigenvalue weighted by molar-refractivity contribution is -0.115. The Morgan fingerprint density at radius 1 is 1.38 bits per heavy atom. The van der Waals surface area contributed by atoms with Crippen LogP contribution in [0.5, 0.6) is 0 Å². The highest BCUT2D eigenvalue weighted by Crippen LogP contribution is 2.34. The SMILES string of the molecule is CCN1CCOC(CN2C(=O)C(=O)c3c(Br)cccc32)C1. The molecule has 21 heavy (non-hydrogen) atoms. The molecule has 0 radical (unpaired) electrons. The number of halogens is 1. The second-order valence-electron chi connectivity index (χ2n) is 5.26. The van der Waals surface area contributed by atoms with Crippen molar-refractivity contribution in [3.05, 3.63) is 28.2 Å². The molecule has 6 heteroatoms. The summed E-state index contributed by atoms with van der Waals surface area (Å²) in [7, 11) is 0. The van der Waals surface area contributed by atoms with Gasteiger partial charge in [0, 0.05) is 17.6 Å². The van der Waals surface area contributed by atoms with Crippen LogP contribution in [-0.2, 0) is 9.53 Å². The van der Waals surface area contributed by atoms with Gasteiger partial charge in [-0.05, 0) is 34.6 Å². The third-order valence-electron chi connectivity index (χ3n) is 4.01. The first-order valence-corrected chi connectivity index (χ1v) is 7.89. The molecular weight excluding hydrogens is 336 g/mol. The summed E-state index contributed by atoms with van der Waals surface area (Å²) in [6, 6.07) is 5.43. The number of benzene rings is 1. The summed E-state index contributed by atoms with van der Waals surface area (Å²) >= 11 is 3.35.